The molecule has 0 aliphatic rings. The molecule has 6 aromatic carbocycles. The van der Waals surface area contributed by atoms with E-state index in [0.717, 1.165) is 32.8 Å². The summed E-state index contributed by atoms with van der Waals surface area (Å²) in [5, 5.41) is 66.6. The molecule has 7 heterocycles. The molecule has 0 saturated heterocycles. The van der Waals surface area contributed by atoms with Gasteiger partial charge in [0.2, 0.25) is 5.82 Å². The van der Waals surface area contributed by atoms with Gasteiger partial charge in [0.15, 0.2) is 5.84 Å². The molecule has 0 saturated carbocycles. The zero-order valence-corrected chi connectivity index (χ0v) is 46.2. The van der Waals surface area contributed by atoms with E-state index < -0.39 is 49.3 Å². The third-order valence-corrected chi connectivity index (χ3v) is 14.6. The van der Waals surface area contributed by atoms with Crippen LogP contribution in [0.15, 0.2) is 188 Å². The summed E-state index contributed by atoms with van der Waals surface area (Å²) in [6.45, 7) is 0. The van der Waals surface area contributed by atoms with Crippen LogP contribution in [0.3, 0.4) is 0 Å². The maximum atomic E-state index is 13.5. The Morgan fingerprint density at radius 1 is 0.562 bits per heavy atom. The second kappa shape index (κ2) is 23.4. The number of oxime groups is 1. The lowest BCUT2D eigenvalue weighted by Gasteiger charge is -2.11. The smallest absolute Gasteiger partial charge is 0.409 e. The number of hydrogen-bond donors (Lipinski definition) is 4. The van der Waals surface area contributed by atoms with Crippen LogP contribution in [0.1, 0.15) is 17.0 Å². The Balaban J connectivity index is 0.000000146. The highest BCUT2D eigenvalue weighted by Crippen LogP contribution is 2.35. The molecule has 0 aliphatic heterocycles. The lowest BCUT2D eigenvalue weighted by Crippen LogP contribution is -2.29. The fraction of sp³-hybridized carbons (Fsp3) is 0.0678. The molecule has 446 valence electrons. The molecule has 27 nitrogen and oxygen atoms in total. The number of nitro groups is 3. The van der Waals surface area contributed by atoms with E-state index in [1.165, 1.54) is 92.6 Å². The van der Waals surface area contributed by atoms with E-state index in [4.69, 9.17) is 16.1 Å². The highest BCUT2D eigenvalue weighted by molar-refractivity contribution is 6.10. The SMILES string of the molecule is Cn1c2ccccc2c2c1cc(-c1noc(C(F)(F)F)n1)c(=O)n2-c1ccc([N+](=O)[O-])cc1.Cn1c2ccccc2c2c1cc(C#N)c(=O)n2-c1ccc([N+](=O)[O-])cc1.Cn1c2ccccc2c2c1cc(C(N)=NO)c(=O)n2-c1ccc([N+](=O)[O-])cc1.NO. The lowest BCUT2D eigenvalue weighted by atomic mass is 10.1. The average molecular weight is 1210 g/mol. The van der Waals surface area contributed by atoms with Crippen molar-refractivity contribution in [3.05, 3.63) is 242 Å². The number of aromatic nitrogens is 8. The van der Waals surface area contributed by atoms with E-state index in [1.807, 2.05) is 90.0 Å². The normalized spacial score (nSPS) is 11.5. The van der Waals surface area contributed by atoms with E-state index in [9.17, 15) is 63.2 Å². The Labute approximate surface area is 493 Å². The van der Waals surface area contributed by atoms with Crippen molar-refractivity contribution >= 4 is 88.7 Å². The summed E-state index contributed by atoms with van der Waals surface area (Å²) >= 11 is 0. The van der Waals surface area contributed by atoms with Crippen molar-refractivity contribution in [2.45, 2.75) is 6.18 Å². The number of nitro benzene ring substituents is 3. The molecule has 0 radical (unpaired) electrons. The molecule has 6 N–H and O–H groups in total. The van der Waals surface area contributed by atoms with Gasteiger partial charge in [0.25, 0.3) is 33.7 Å². The highest BCUT2D eigenvalue weighted by atomic mass is 19.4. The number of halogens is 3. The number of fused-ring (bicyclic) bond motifs is 9. The van der Waals surface area contributed by atoms with Crippen LogP contribution in [0, 0.1) is 41.7 Å². The fourth-order valence-corrected chi connectivity index (χ4v) is 10.5. The summed E-state index contributed by atoms with van der Waals surface area (Å²) in [5.41, 5.74) is 11.1. The zero-order valence-electron chi connectivity index (χ0n) is 46.2. The molecule has 13 aromatic rings. The van der Waals surface area contributed by atoms with Crippen molar-refractivity contribution in [2.24, 2.45) is 37.9 Å². The summed E-state index contributed by atoms with van der Waals surface area (Å²) in [5.74, 6) is 1.10. The van der Waals surface area contributed by atoms with Crippen LogP contribution in [0.2, 0.25) is 0 Å². The van der Waals surface area contributed by atoms with Gasteiger partial charge in [-0.3, -0.25) is 58.4 Å². The van der Waals surface area contributed by atoms with Gasteiger partial charge in [-0.25, -0.2) is 5.90 Å². The van der Waals surface area contributed by atoms with Gasteiger partial charge in [-0.05, 0) is 72.8 Å². The van der Waals surface area contributed by atoms with Crippen molar-refractivity contribution in [3.63, 3.8) is 0 Å². The van der Waals surface area contributed by atoms with Crippen LogP contribution in [-0.2, 0) is 27.3 Å². The first kappa shape index (κ1) is 59.5. The molecule has 0 bridgehead atoms. The molecule has 0 aliphatic carbocycles. The summed E-state index contributed by atoms with van der Waals surface area (Å²) in [4.78, 5) is 74.3. The molecular weight excluding hydrogens is 1170 g/mol. The van der Waals surface area contributed by atoms with Crippen LogP contribution < -0.4 is 28.3 Å². The van der Waals surface area contributed by atoms with Crippen LogP contribution >= 0.6 is 0 Å². The molecule has 0 amide bonds. The predicted octanol–water partition coefficient (Wildman–Crippen LogP) is 9.54. The van der Waals surface area contributed by atoms with Crippen LogP contribution in [0.4, 0.5) is 30.2 Å². The van der Waals surface area contributed by atoms with Crippen LogP contribution in [0.5, 0.6) is 0 Å². The first-order valence-corrected chi connectivity index (χ1v) is 25.8. The minimum Gasteiger partial charge on any atom is -0.409 e. The van der Waals surface area contributed by atoms with Gasteiger partial charge in [0.05, 0.1) is 75.5 Å². The van der Waals surface area contributed by atoms with Gasteiger partial charge in [0.1, 0.15) is 11.6 Å². The van der Waals surface area contributed by atoms with Crippen molar-refractivity contribution in [2.75, 3.05) is 0 Å². The minimum absolute atomic E-state index is 0.0155. The molecule has 7 aromatic heterocycles. The monoisotopic (exact) mass is 1210 g/mol. The summed E-state index contributed by atoms with van der Waals surface area (Å²) in [6, 6.07) is 45.6. The predicted molar refractivity (Wildman–Crippen MR) is 320 cm³/mol. The van der Waals surface area contributed by atoms with Gasteiger partial charge in [-0.1, -0.05) is 64.9 Å². The third kappa shape index (κ3) is 10.4. The average Bonchev–Trinajstić information content (AvgIpc) is 1.66. The molecule has 0 unspecified atom stereocenters. The van der Waals surface area contributed by atoms with E-state index in [0.29, 0.717) is 44.3 Å². The maximum absolute atomic E-state index is 13.5. The first-order chi connectivity index (χ1) is 42.6. The molecule has 0 atom stereocenters. The van der Waals surface area contributed by atoms with Gasteiger partial charge >= 0.3 is 12.1 Å². The van der Waals surface area contributed by atoms with Crippen molar-refractivity contribution in [1.82, 2.24) is 37.5 Å². The van der Waals surface area contributed by atoms with Crippen LogP contribution in [-0.4, -0.2) is 68.6 Å². The second-order valence-corrected chi connectivity index (χ2v) is 19.4. The summed E-state index contributed by atoms with van der Waals surface area (Å²) < 4.78 is 53.0. The second-order valence-electron chi connectivity index (χ2n) is 19.4. The quantitative estimate of drug-likeness (QED) is 0.0361. The number of alkyl halides is 3. The Bertz CT molecular complexity index is 5290. The third-order valence-electron chi connectivity index (χ3n) is 14.6. The molecule has 89 heavy (non-hydrogen) atoms. The van der Waals surface area contributed by atoms with Gasteiger partial charge in [-0.15, -0.1) is 0 Å². The number of hydrogen-bond acceptors (Lipinski definition) is 17. The molecule has 0 fully saturated rings. The van der Waals surface area contributed by atoms with Gasteiger partial charge < -0.3 is 34.4 Å². The molecular formula is C59H42F3N15O12. The standard InChI is InChI=1S/C21H12F3N5O4.C19H15N5O4.C19H12N4O3.H3NO/c1-27-15-5-3-2-4-13(15)17-16(27)10-14(18-25-20(33-26-18)21(22,23)24)19(30)28(17)11-6-8-12(9-7-11)29(31)32;1-22-15-5-3-2-4-13(15)17-16(22)10-14(18(20)21-26)19(25)23(17)11-6-8-12(9-7-11)24(27)28;1-21-16-5-3-2-4-15(16)18-17(21)10-12(11-20)19(24)22(18)13-6-8-14(9-7-13)23(25)26;1-2/h2-10H,1H3;2-10,26H,1H3,(H2,20,21);2-10H,1H3;2H,1H2. The number of rotatable bonds is 8. The lowest BCUT2D eigenvalue weighted by molar-refractivity contribution is -0.385. The van der Waals surface area contributed by atoms with E-state index in [1.54, 1.807) is 35.9 Å². The maximum Gasteiger partial charge on any atom is 0.471 e. The Morgan fingerprint density at radius 3 is 1.28 bits per heavy atom. The largest absolute Gasteiger partial charge is 0.471 e. The Kier molecular flexibility index (Phi) is 15.7. The number of aryl methyl sites for hydroxylation is 3. The van der Waals surface area contributed by atoms with Gasteiger partial charge in [0, 0.05) is 90.8 Å². The summed E-state index contributed by atoms with van der Waals surface area (Å²) in [7, 11) is 5.47. The minimum atomic E-state index is -4.87. The number of nitriles is 1. The molecule has 13 rings (SSSR count). The number of pyridine rings is 3. The molecule has 30 heteroatoms. The number of benzene rings is 6. The topological polar surface area (TPSA) is 378 Å². The van der Waals surface area contributed by atoms with Crippen LogP contribution in [0.25, 0.3) is 94.3 Å². The first-order valence-electron chi connectivity index (χ1n) is 25.8. The Hall–Kier alpha value is -12.6. The summed E-state index contributed by atoms with van der Waals surface area (Å²) in [6.07, 6.45) is -4.87. The number of para-hydroxylation sites is 3. The van der Waals surface area contributed by atoms with Gasteiger partial charge in [-0.2, -0.15) is 23.4 Å². The number of non-ortho nitro benzene ring substituents is 3. The number of nitrogens with zero attached hydrogens (tertiary/aromatic N) is 13. The van der Waals surface area contributed by atoms with E-state index in [-0.39, 0.29) is 45.3 Å². The fourth-order valence-electron chi connectivity index (χ4n) is 10.5. The van der Waals surface area contributed by atoms with Crippen molar-refractivity contribution in [1.29, 1.82) is 5.26 Å². The number of nitrogens with two attached hydrogens (primary N) is 2. The highest BCUT2D eigenvalue weighted by Gasteiger charge is 2.39. The van der Waals surface area contributed by atoms with Crippen molar-refractivity contribution in [3.8, 4) is 34.5 Å². The van der Waals surface area contributed by atoms with E-state index in [2.05, 4.69) is 25.7 Å². The zero-order chi connectivity index (χ0) is 63.9. The van der Waals surface area contributed by atoms with Crippen molar-refractivity contribution < 1.29 is 42.9 Å². The molecule has 0 spiro atoms. The number of amidine groups is 1. The Morgan fingerprint density at radius 2 is 0.921 bits per heavy atom. The van der Waals surface area contributed by atoms with E-state index >= 15 is 0 Å².